The Morgan fingerprint density at radius 1 is 0.593 bits per heavy atom. The molecule has 0 radical (unpaired) electrons. The van der Waals surface area contributed by atoms with E-state index in [-0.39, 0.29) is 0 Å². The van der Waals surface area contributed by atoms with Crippen molar-refractivity contribution in [1.29, 1.82) is 0 Å². The summed E-state index contributed by atoms with van der Waals surface area (Å²) in [6, 6.07) is 25.9. The van der Waals surface area contributed by atoms with Crippen LogP contribution in [0.2, 0.25) is 39.3 Å². The number of pyridine rings is 1. The van der Waals surface area contributed by atoms with E-state index in [1.54, 1.807) is 0 Å². The van der Waals surface area contributed by atoms with E-state index in [4.69, 9.17) is 4.98 Å². The monoisotopic (exact) mass is 389 g/mol. The van der Waals surface area contributed by atoms with Crippen LogP contribution < -0.4 is 0 Å². The second kappa shape index (κ2) is 7.57. The molecule has 0 atom stereocenters. The second-order valence-electron chi connectivity index (χ2n) is 9.56. The Morgan fingerprint density at radius 2 is 1.07 bits per heavy atom. The fraction of sp³-hybridized carbons (Fsp3) is 0.292. The SMILES string of the molecule is C[Si](C)(C)C(c1cc(-c2ccccc2)cc(-c2ccccc2)n1)[Si](C)(C)C. The van der Waals surface area contributed by atoms with Crippen molar-refractivity contribution in [2.45, 2.75) is 44.4 Å². The maximum atomic E-state index is 5.23. The summed E-state index contributed by atoms with van der Waals surface area (Å²) in [7, 11) is -2.82. The van der Waals surface area contributed by atoms with E-state index in [1.807, 2.05) is 0 Å². The third-order valence-corrected chi connectivity index (χ3v) is 14.3. The molecule has 2 aromatic carbocycles. The zero-order valence-electron chi connectivity index (χ0n) is 17.5. The molecule has 0 fully saturated rings. The van der Waals surface area contributed by atoms with Crippen LogP contribution in [0.15, 0.2) is 72.8 Å². The molecular weight excluding hydrogens is 358 g/mol. The summed E-state index contributed by atoms with van der Waals surface area (Å²) in [4.78, 5) is 5.23. The van der Waals surface area contributed by atoms with Crippen LogP contribution in [0.4, 0.5) is 0 Å². The number of hydrogen-bond acceptors (Lipinski definition) is 1. The standard InChI is InChI=1S/C24H31NSi2/c1-26(2,3)24(27(4,5)6)23-18-21(19-13-9-7-10-14-19)17-22(25-23)20-15-11-8-12-16-20/h7-18,24H,1-6H3. The van der Waals surface area contributed by atoms with Gasteiger partial charge in [-0.15, -0.1) is 0 Å². The van der Waals surface area contributed by atoms with Crippen molar-refractivity contribution in [1.82, 2.24) is 4.98 Å². The molecule has 0 amide bonds. The lowest BCUT2D eigenvalue weighted by Gasteiger charge is -2.38. The number of nitrogens with zero attached hydrogens (tertiary/aromatic N) is 1. The topological polar surface area (TPSA) is 12.9 Å². The van der Waals surface area contributed by atoms with Crippen LogP contribution in [-0.4, -0.2) is 21.1 Å². The summed E-state index contributed by atoms with van der Waals surface area (Å²) in [6.07, 6.45) is 0. The summed E-state index contributed by atoms with van der Waals surface area (Å²) >= 11 is 0. The molecular formula is C24H31NSi2. The zero-order valence-corrected chi connectivity index (χ0v) is 19.5. The lowest BCUT2D eigenvalue weighted by molar-refractivity contribution is 1.07. The minimum absolute atomic E-state index is 0.621. The first-order valence-corrected chi connectivity index (χ1v) is 16.9. The van der Waals surface area contributed by atoms with Crippen LogP contribution in [0.1, 0.15) is 10.9 Å². The Labute approximate surface area is 166 Å². The molecule has 0 aliphatic carbocycles. The molecule has 3 rings (SSSR count). The first-order chi connectivity index (χ1) is 12.7. The molecule has 1 nitrogen and oxygen atoms in total. The number of benzene rings is 2. The van der Waals surface area contributed by atoms with Crippen molar-refractivity contribution in [2.75, 3.05) is 0 Å². The molecule has 1 aromatic heterocycles. The molecule has 0 bridgehead atoms. The first kappa shape index (κ1) is 19.8. The molecule has 0 saturated heterocycles. The van der Waals surface area contributed by atoms with Crippen molar-refractivity contribution in [3.8, 4) is 22.4 Å². The molecule has 3 heteroatoms. The van der Waals surface area contributed by atoms with E-state index in [2.05, 4.69) is 112 Å². The Morgan fingerprint density at radius 3 is 1.56 bits per heavy atom. The van der Waals surface area contributed by atoms with E-state index >= 15 is 0 Å². The summed E-state index contributed by atoms with van der Waals surface area (Å²) in [6.45, 7) is 15.0. The smallest absolute Gasteiger partial charge is 0.0711 e. The molecule has 3 aromatic rings. The zero-order chi connectivity index (χ0) is 19.7. The van der Waals surface area contributed by atoms with Gasteiger partial charge in [-0.25, -0.2) is 0 Å². The van der Waals surface area contributed by atoms with Gasteiger partial charge in [0, 0.05) is 11.3 Å². The van der Waals surface area contributed by atoms with Crippen molar-refractivity contribution < 1.29 is 0 Å². The normalized spacial score (nSPS) is 12.4. The third kappa shape index (κ3) is 4.66. The molecule has 0 unspecified atom stereocenters. The van der Waals surface area contributed by atoms with Gasteiger partial charge in [0.15, 0.2) is 0 Å². The van der Waals surface area contributed by atoms with E-state index in [1.165, 1.54) is 22.4 Å². The number of rotatable bonds is 5. The summed E-state index contributed by atoms with van der Waals surface area (Å²) in [5, 5.41) is 0.621. The Bertz CT molecular complexity index is 819. The largest absolute Gasteiger partial charge is 0.253 e. The molecule has 27 heavy (non-hydrogen) atoms. The van der Waals surface area contributed by atoms with Gasteiger partial charge in [0.25, 0.3) is 0 Å². The van der Waals surface area contributed by atoms with Gasteiger partial charge in [-0.2, -0.15) is 0 Å². The van der Waals surface area contributed by atoms with Crippen LogP contribution in [0.5, 0.6) is 0 Å². The lowest BCUT2D eigenvalue weighted by atomic mass is 10.0. The van der Waals surface area contributed by atoms with Gasteiger partial charge in [-0.1, -0.05) is 99.9 Å². The van der Waals surface area contributed by atoms with E-state index in [0.29, 0.717) is 5.16 Å². The minimum atomic E-state index is -1.41. The van der Waals surface area contributed by atoms with Crippen LogP contribution in [0.3, 0.4) is 0 Å². The second-order valence-corrected chi connectivity index (χ2v) is 20.8. The maximum absolute atomic E-state index is 5.23. The Kier molecular flexibility index (Phi) is 5.54. The van der Waals surface area contributed by atoms with E-state index < -0.39 is 16.1 Å². The van der Waals surface area contributed by atoms with Gasteiger partial charge in [-0.05, 0) is 28.4 Å². The fourth-order valence-electron chi connectivity index (χ4n) is 4.44. The molecule has 1 heterocycles. The highest BCUT2D eigenvalue weighted by Crippen LogP contribution is 2.37. The predicted molar refractivity (Wildman–Crippen MR) is 125 cm³/mol. The Hall–Kier alpha value is -1.98. The average molecular weight is 390 g/mol. The highest BCUT2D eigenvalue weighted by molar-refractivity contribution is 6.96. The van der Waals surface area contributed by atoms with E-state index in [0.717, 1.165) is 5.69 Å². The third-order valence-electron chi connectivity index (χ3n) is 5.05. The highest BCUT2D eigenvalue weighted by atomic mass is 28.4. The van der Waals surface area contributed by atoms with Crippen molar-refractivity contribution >= 4 is 16.1 Å². The maximum Gasteiger partial charge on any atom is 0.0711 e. The highest BCUT2D eigenvalue weighted by Gasteiger charge is 2.39. The first-order valence-electron chi connectivity index (χ1n) is 9.79. The summed E-state index contributed by atoms with van der Waals surface area (Å²) in [5.41, 5.74) is 6.13. The fourth-order valence-corrected chi connectivity index (χ4v) is 16.9. The van der Waals surface area contributed by atoms with Crippen LogP contribution in [0, 0.1) is 0 Å². The van der Waals surface area contributed by atoms with Gasteiger partial charge >= 0.3 is 0 Å². The van der Waals surface area contributed by atoms with Gasteiger partial charge in [0.1, 0.15) is 0 Å². The van der Waals surface area contributed by atoms with Crippen molar-refractivity contribution in [3.63, 3.8) is 0 Å². The van der Waals surface area contributed by atoms with Crippen LogP contribution in [-0.2, 0) is 0 Å². The molecule has 0 N–H and O–H groups in total. The number of aromatic nitrogens is 1. The van der Waals surface area contributed by atoms with Gasteiger partial charge in [0.2, 0.25) is 0 Å². The average Bonchev–Trinajstić information content (AvgIpc) is 2.60. The summed E-state index contributed by atoms with van der Waals surface area (Å²) < 4.78 is 0. The van der Waals surface area contributed by atoms with Gasteiger partial charge in [-0.3, -0.25) is 4.98 Å². The lowest BCUT2D eigenvalue weighted by Crippen LogP contribution is -2.47. The quantitative estimate of drug-likeness (QED) is 0.419. The molecule has 0 saturated carbocycles. The van der Waals surface area contributed by atoms with Gasteiger partial charge < -0.3 is 0 Å². The van der Waals surface area contributed by atoms with Crippen LogP contribution >= 0.6 is 0 Å². The Balaban J connectivity index is 2.24. The number of hydrogen-bond donors (Lipinski definition) is 0. The van der Waals surface area contributed by atoms with E-state index in [9.17, 15) is 0 Å². The molecule has 0 spiro atoms. The van der Waals surface area contributed by atoms with Gasteiger partial charge in [0.05, 0.1) is 21.8 Å². The minimum Gasteiger partial charge on any atom is -0.253 e. The molecule has 0 aliphatic heterocycles. The molecule has 140 valence electrons. The molecule has 0 aliphatic rings. The summed E-state index contributed by atoms with van der Waals surface area (Å²) in [5.74, 6) is 0. The van der Waals surface area contributed by atoms with Crippen molar-refractivity contribution in [3.05, 3.63) is 78.5 Å². The van der Waals surface area contributed by atoms with Crippen molar-refractivity contribution in [2.24, 2.45) is 0 Å². The predicted octanol–water partition coefficient (Wildman–Crippen LogP) is 7.25. The van der Waals surface area contributed by atoms with Crippen LogP contribution in [0.25, 0.3) is 22.4 Å².